The Bertz CT molecular complexity index is 1120. The molecule has 138 valence electrons. The summed E-state index contributed by atoms with van der Waals surface area (Å²) in [5.41, 5.74) is 7.23. The van der Waals surface area contributed by atoms with E-state index in [1.54, 1.807) is 0 Å². The van der Waals surface area contributed by atoms with Crippen LogP contribution in [0.15, 0.2) is 85.2 Å². The van der Waals surface area contributed by atoms with Crippen LogP contribution in [0, 0.1) is 0 Å². The standard InChI is InChI=1S/C26H24N2/c1-27-18-6-10-25(27)16-14-22-12-13-23(21-8-4-3-5-9-21)20-24(22)15-17-26-11-7-19-28(26)2/h3-20H,1-2H3/b16-14+,17-15+. The molecule has 0 saturated heterocycles. The fraction of sp³-hybridized carbons (Fsp3) is 0.0769. The largest absolute Gasteiger partial charge is 0.351 e. The predicted octanol–water partition coefficient (Wildman–Crippen LogP) is 6.37. The molecule has 2 heteroatoms. The highest BCUT2D eigenvalue weighted by atomic mass is 14.9. The smallest absolute Gasteiger partial charge is 0.0404 e. The Balaban J connectivity index is 1.74. The number of aryl methyl sites for hydroxylation is 2. The van der Waals surface area contributed by atoms with Crippen molar-refractivity contribution in [3.8, 4) is 11.1 Å². The van der Waals surface area contributed by atoms with Gasteiger partial charge in [0.05, 0.1) is 0 Å². The molecule has 0 N–H and O–H groups in total. The van der Waals surface area contributed by atoms with Crippen LogP contribution >= 0.6 is 0 Å². The Morgan fingerprint density at radius 3 is 1.71 bits per heavy atom. The molecule has 0 aliphatic heterocycles. The van der Waals surface area contributed by atoms with Crippen LogP contribution < -0.4 is 0 Å². The number of nitrogens with zero attached hydrogens (tertiary/aromatic N) is 2. The summed E-state index contributed by atoms with van der Waals surface area (Å²) >= 11 is 0. The van der Waals surface area contributed by atoms with Gasteiger partial charge in [-0.05, 0) is 64.7 Å². The van der Waals surface area contributed by atoms with E-state index < -0.39 is 0 Å². The summed E-state index contributed by atoms with van der Waals surface area (Å²) in [5, 5.41) is 0. The van der Waals surface area contributed by atoms with Crippen molar-refractivity contribution >= 4 is 24.3 Å². The van der Waals surface area contributed by atoms with Crippen molar-refractivity contribution in [1.29, 1.82) is 0 Å². The molecule has 4 rings (SSSR count). The van der Waals surface area contributed by atoms with E-state index in [1.807, 2.05) is 0 Å². The van der Waals surface area contributed by atoms with Gasteiger partial charge in [0.2, 0.25) is 0 Å². The normalized spacial score (nSPS) is 11.6. The molecule has 0 aliphatic rings. The molecule has 2 aromatic heterocycles. The summed E-state index contributed by atoms with van der Waals surface area (Å²) in [6, 6.07) is 25.5. The van der Waals surface area contributed by atoms with Gasteiger partial charge in [-0.3, -0.25) is 0 Å². The van der Waals surface area contributed by atoms with Crippen molar-refractivity contribution < 1.29 is 0 Å². The predicted molar refractivity (Wildman–Crippen MR) is 121 cm³/mol. The lowest BCUT2D eigenvalue weighted by Crippen LogP contribution is -1.89. The lowest BCUT2D eigenvalue weighted by molar-refractivity contribution is 0.915. The molecule has 0 fully saturated rings. The van der Waals surface area contributed by atoms with Crippen LogP contribution in [0.1, 0.15) is 22.5 Å². The van der Waals surface area contributed by atoms with E-state index in [2.05, 4.69) is 133 Å². The highest BCUT2D eigenvalue weighted by Crippen LogP contribution is 2.25. The zero-order chi connectivity index (χ0) is 19.3. The van der Waals surface area contributed by atoms with E-state index >= 15 is 0 Å². The lowest BCUT2D eigenvalue weighted by atomic mass is 9.98. The fourth-order valence-corrected chi connectivity index (χ4v) is 3.33. The van der Waals surface area contributed by atoms with Gasteiger partial charge in [-0.25, -0.2) is 0 Å². The third-order valence-electron chi connectivity index (χ3n) is 5.03. The summed E-state index contributed by atoms with van der Waals surface area (Å²) in [6.45, 7) is 0. The lowest BCUT2D eigenvalue weighted by Gasteiger charge is -2.07. The van der Waals surface area contributed by atoms with E-state index in [0.717, 1.165) is 0 Å². The van der Waals surface area contributed by atoms with Gasteiger partial charge in [0, 0.05) is 37.9 Å². The monoisotopic (exact) mass is 364 g/mol. The van der Waals surface area contributed by atoms with Crippen LogP contribution in [-0.2, 0) is 14.1 Å². The summed E-state index contributed by atoms with van der Waals surface area (Å²) in [4.78, 5) is 0. The number of hydrogen-bond acceptors (Lipinski definition) is 0. The van der Waals surface area contributed by atoms with Gasteiger partial charge >= 0.3 is 0 Å². The Morgan fingerprint density at radius 2 is 1.14 bits per heavy atom. The first-order valence-corrected chi connectivity index (χ1v) is 9.49. The molecular weight excluding hydrogens is 340 g/mol. The second-order valence-corrected chi connectivity index (χ2v) is 6.96. The third kappa shape index (κ3) is 3.91. The summed E-state index contributed by atoms with van der Waals surface area (Å²) in [5.74, 6) is 0. The van der Waals surface area contributed by atoms with Crippen molar-refractivity contribution in [3.05, 3.63) is 108 Å². The molecule has 0 atom stereocenters. The maximum absolute atomic E-state index is 2.26. The van der Waals surface area contributed by atoms with Crippen molar-refractivity contribution in [2.24, 2.45) is 14.1 Å². The van der Waals surface area contributed by atoms with Crippen molar-refractivity contribution in [3.63, 3.8) is 0 Å². The second-order valence-electron chi connectivity index (χ2n) is 6.96. The first-order valence-electron chi connectivity index (χ1n) is 9.49. The van der Waals surface area contributed by atoms with Gasteiger partial charge in [0.1, 0.15) is 0 Å². The molecule has 0 saturated carbocycles. The molecule has 28 heavy (non-hydrogen) atoms. The topological polar surface area (TPSA) is 9.86 Å². The van der Waals surface area contributed by atoms with E-state index in [0.29, 0.717) is 0 Å². The SMILES string of the molecule is Cn1cccc1/C=C/c1ccc(-c2ccccc2)cc1/C=C/c1cccn1C. The average molecular weight is 364 g/mol. The zero-order valence-corrected chi connectivity index (χ0v) is 16.3. The molecule has 2 aromatic carbocycles. The van der Waals surface area contributed by atoms with E-state index in [9.17, 15) is 0 Å². The van der Waals surface area contributed by atoms with E-state index in [1.165, 1.54) is 33.6 Å². The zero-order valence-electron chi connectivity index (χ0n) is 16.3. The minimum absolute atomic E-state index is 1.18. The molecule has 0 bridgehead atoms. The van der Waals surface area contributed by atoms with Crippen molar-refractivity contribution in [1.82, 2.24) is 9.13 Å². The van der Waals surface area contributed by atoms with Crippen LogP contribution in [0.2, 0.25) is 0 Å². The molecule has 2 heterocycles. The highest BCUT2D eigenvalue weighted by Gasteiger charge is 2.03. The van der Waals surface area contributed by atoms with Gasteiger partial charge < -0.3 is 9.13 Å². The second kappa shape index (κ2) is 8.01. The van der Waals surface area contributed by atoms with Crippen LogP contribution in [0.5, 0.6) is 0 Å². The maximum Gasteiger partial charge on any atom is 0.0404 e. The Labute approximate surface area is 166 Å². The van der Waals surface area contributed by atoms with Crippen molar-refractivity contribution in [2.75, 3.05) is 0 Å². The van der Waals surface area contributed by atoms with Crippen LogP contribution in [0.3, 0.4) is 0 Å². The minimum Gasteiger partial charge on any atom is -0.351 e. The quantitative estimate of drug-likeness (QED) is 0.389. The first-order chi connectivity index (χ1) is 13.7. The molecule has 0 spiro atoms. The number of rotatable bonds is 5. The van der Waals surface area contributed by atoms with Crippen LogP contribution in [0.25, 0.3) is 35.4 Å². The molecular formula is C26H24N2. The Hall–Kier alpha value is -3.52. The summed E-state index contributed by atoms with van der Waals surface area (Å²) in [6.07, 6.45) is 12.9. The van der Waals surface area contributed by atoms with Gasteiger partial charge in [-0.15, -0.1) is 0 Å². The molecule has 0 aliphatic carbocycles. The van der Waals surface area contributed by atoms with Crippen LogP contribution in [-0.4, -0.2) is 9.13 Å². The van der Waals surface area contributed by atoms with Crippen molar-refractivity contribution in [2.45, 2.75) is 0 Å². The molecule has 4 aromatic rings. The number of benzene rings is 2. The first kappa shape index (κ1) is 17.9. The molecule has 2 nitrogen and oxygen atoms in total. The van der Waals surface area contributed by atoms with Gasteiger partial charge in [-0.2, -0.15) is 0 Å². The fourth-order valence-electron chi connectivity index (χ4n) is 3.33. The highest BCUT2D eigenvalue weighted by molar-refractivity contribution is 5.81. The third-order valence-corrected chi connectivity index (χ3v) is 5.03. The Morgan fingerprint density at radius 1 is 0.536 bits per heavy atom. The maximum atomic E-state index is 2.26. The number of hydrogen-bond donors (Lipinski definition) is 0. The van der Waals surface area contributed by atoms with Gasteiger partial charge in [0.25, 0.3) is 0 Å². The van der Waals surface area contributed by atoms with Crippen LogP contribution in [0.4, 0.5) is 0 Å². The summed E-state index contributed by atoms with van der Waals surface area (Å²) in [7, 11) is 4.13. The minimum atomic E-state index is 1.18. The Kier molecular flexibility index (Phi) is 5.11. The molecule has 0 unspecified atom stereocenters. The average Bonchev–Trinajstić information content (AvgIpc) is 3.33. The van der Waals surface area contributed by atoms with Gasteiger partial charge in [0.15, 0.2) is 0 Å². The summed E-state index contributed by atoms with van der Waals surface area (Å²) < 4.78 is 4.24. The van der Waals surface area contributed by atoms with E-state index in [4.69, 9.17) is 0 Å². The van der Waals surface area contributed by atoms with E-state index in [-0.39, 0.29) is 0 Å². The van der Waals surface area contributed by atoms with Gasteiger partial charge in [-0.1, -0.05) is 54.6 Å². The number of aromatic nitrogens is 2. The molecule has 0 radical (unpaired) electrons. The molecule has 0 amide bonds.